The van der Waals surface area contributed by atoms with Crippen molar-refractivity contribution in [2.45, 2.75) is 25.3 Å². The summed E-state index contributed by atoms with van der Waals surface area (Å²) in [7, 11) is 1.60. The van der Waals surface area contributed by atoms with Crippen LogP contribution in [0.15, 0.2) is 71.8 Å². The van der Waals surface area contributed by atoms with Crippen LogP contribution in [0.25, 0.3) is 27.7 Å². The second kappa shape index (κ2) is 9.87. The SMILES string of the molecule is COc1cc(-n2cnc3ccc(-c4ccc(Cl)cc4)cc3c2=O)ccc1OCCC1CCCN1. The Balaban J connectivity index is 1.43. The molecule has 174 valence electrons. The van der Waals surface area contributed by atoms with E-state index in [1.165, 1.54) is 17.4 Å². The lowest BCUT2D eigenvalue weighted by Gasteiger charge is -2.15. The van der Waals surface area contributed by atoms with Crippen molar-refractivity contribution in [3.63, 3.8) is 0 Å². The first-order valence-corrected chi connectivity index (χ1v) is 11.8. The zero-order chi connectivity index (χ0) is 23.5. The molecule has 0 aliphatic carbocycles. The van der Waals surface area contributed by atoms with E-state index in [4.69, 9.17) is 21.1 Å². The van der Waals surface area contributed by atoms with E-state index in [2.05, 4.69) is 10.3 Å². The van der Waals surface area contributed by atoms with Gasteiger partial charge in [-0.2, -0.15) is 0 Å². The van der Waals surface area contributed by atoms with Crippen LogP contribution in [-0.2, 0) is 0 Å². The smallest absolute Gasteiger partial charge is 0.265 e. The molecule has 0 saturated carbocycles. The molecular weight excluding hydrogens is 450 g/mol. The fraction of sp³-hybridized carbons (Fsp3) is 0.259. The molecule has 0 radical (unpaired) electrons. The summed E-state index contributed by atoms with van der Waals surface area (Å²) in [5.74, 6) is 1.25. The topological polar surface area (TPSA) is 65.4 Å². The van der Waals surface area contributed by atoms with Crippen molar-refractivity contribution in [3.8, 4) is 28.3 Å². The standard InChI is InChI=1S/C27H26ClN3O3/c1-33-26-16-22(9-11-25(26)34-14-12-21-3-2-13-29-21)31-17-30-24-10-6-19(15-23(24)27(31)32)18-4-7-20(28)8-5-18/h4-11,15-17,21,29H,2-3,12-14H2,1H3. The van der Waals surface area contributed by atoms with E-state index in [-0.39, 0.29) is 5.56 Å². The maximum Gasteiger partial charge on any atom is 0.265 e. The molecule has 0 spiro atoms. The van der Waals surface area contributed by atoms with Gasteiger partial charge in [0.2, 0.25) is 0 Å². The number of hydrogen-bond acceptors (Lipinski definition) is 5. The number of hydrogen-bond donors (Lipinski definition) is 1. The van der Waals surface area contributed by atoms with Crippen LogP contribution < -0.4 is 20.3 Å². The van der Waals surface area contributed by atoms with Gasteiger partial charge in [-0.15, -0.1) is 0 Å². The molecule has 1 unspecified atom stereocenters. The molecule has 3 aromatic carbocycles. The van der Waals surface area contributed by atoms with E-state index in [1.54, 1.807) is 19.5 Å². The highest BCUT2D eigenvalue weighted by Gasteiger charge is 2.15. The van der Waals surface area contributed by atoms with Crippen LogP contribution in [0, 0.1) is 0 Å². The highest BCUT2D eigenvalue weighted by molar-refractivity contribution is 6.30. The second-order valence-corrected chi connectivity index (χ2v) is 8.86. The molecule has 1 aliphatic heterocycles. The van der Waals surface area contributed by atoms with Crippen LogP contribution in [0.3, 0.4) is 0 Å². The number of benzene rings is 3. The van der Waals surface area contributed by atoms with Gasteiger partial charge in [-0.05, 0) is 73.3 Å². The second-order valence-electron chi connectivity index (χ2n) is 8.42. The Labute approximate surface area is 203 Å². The van der Waals surface area contributed by atoms with E-state index in [0.29, 0.717) is 45.8 Å². The summed E-state index contributed by atoms with van der Waals surface area (Å²) in [6, 6.07) is 19.3. The van der Waals surface area contributed by atoms with Crippen LogP contribution in [0.2, 0.25) is 5.02 Å². The number of aromatic nitrogens is 2. The summed E-state index contributed by atoms with van der Waals surface area (Å²) in [5, 5.41) is 4.69. The summed E-state index contributed by atoms with van der Waals surface area (Å²) in [6.45, 7) is 1.69. The Morgan fingerprint density at radius 3 is 2.65 bits per heavy atom. The van der Waals surface area contributed by atoms with Gasteiger partial charge >= 0.3 is 0 Å². The van der Waals surface area contributed by atoms with Crippen molar-refractivity contribution in [2.24, 2.45) is 0 Å². The summed E-state index contributed by atoms with van der Waals surface area (Å²) >= 11 is 6.02. The van der Waals surface area contributed by atoms with Gasteiger partial charge in [-0.25, -0.2) is 4.98 Å². The molecule has 5 rings (SSSR count). The third-order valence-electron chi connectivity index (χ3n) is 6.25. The van der Waals surface area contributed by atoms with Gasteiger partial charge in [0.05, 0.1) is 30.3 Å². The van der Waals surface area contributed by atoms with E-state index >= 15 is 0 Å². The molecule has 4 aromatic rings. The Morgan fingerprint density at radius 1 is 1.06 bits per heavy atom. The van der Waals surface area contributed by atoms with Crippen LogP contribution in [0.1, 0.15) is 19.3 Å². The van der Waals surface area contributed by atoms with Gasteiger partial charge in [0.1, 0.15) is 6.33 Å². The first-order valence-electron chi connectivity index (χ1n) is 11.4. The number of nitrogens with zero attached hydrogens (tertiary/aromatic N) is 2. The first kappa shape index (κ1) is 22.4. The summed E-state index contributed by atoms with van der Waals surface area (Å²) in [4.78, 5) is 17.9. The molecule has 1 aliphatic rings. The molecule has 1 fully saturated rings. The van der Waals surface area contributed by atoms with Crippen molar-refractivity contribution < 1.29 is 9.47 Å². The van der Waals surface area contributed by atoms with E-state index in [0.717, 1.165) is 24.1 Å². The predicted molar refractivity (Wildman–Crippen MR) is 135 cm³/mol. The third-order valence-corrected chi connectivity index (χ3v) is 6.50. The van der Waals surface area contributed by atoms with Crippen molar-refractivity contribution in [2.75, 3.05) is 20.3 Å². The zero-order valence-corrected chi connectivity index (χ0v) is 19.7. The number of methoxy groups -OCH3 is 1. The molecular formula is C27H26ClN3O3. The largest absolute Gasteiger partial charge is 0.493 e. The minimum Gasteiger partial charge on any atom is -0.493 e. The van der Waals surface area contributed by atoms with E-state index in [1.807, 2.05) is 54.6 Å². The van der Waals surface area contributed by atoms with Gasteiger partial charge < -0.3 is 14.8 Å². The molecule has 1 aromatic heterocycles. The van der Waals surface area contributed by atoms with Gasteiger partial charge in [0.15, 0.2) is 11.5 Å². The van der Waals surface area contributed by atoms with Gasteiger partial charge in [0, 0.05) is 17.1 Å². The Kier molecular flexibility index (Phi) is 6.52. The first-order chi connectivity index (χ1) is 16.6. The van der Waals surface area contributed by atoms with E-state index in [9.17, 15) is 4.79 Å². The van der Waals surface area contributed by atoms with Crippen LogP contribution >= 0.6 is 11.6 Å². The van der Waals surface area contributed by atoms with Crippen LogP contribution in [0.5, 0.6) is 11.5 Å². The highest BCUT2D eigenvalue weighted by Crippen LogP contribution is 2.30. The summed E-state index contributed by atoms with van der Waals surface area (Å²) < 4.78 is 13.1. The summed E-state index contributed by atoms with van der Waals surface area (Å²) in [6.07, 6.45) is 4.91. The molecule has 1 N–H and O–H groups in total. The maximum atomic E-state index is 13.4. The van der Waals surface area contributed by atoms with Crippen molar-refractivity contribution in [3.05, 3.63) is 82.4 Å². The van der Waals surface area contributed by atoms with Gasteiger partial charge in [-0.1, -0.05) is 29.8 Å². The lowest BCUT2D eigenvalue weighted by Crippen LogP contribution is -2.23. The third kappa shape index (κ3) is 4.65. The quantitative estimate of drug-likeness (QED) is 0.396. The van der Waals surface area contributed by atoms with Gasteiger partial charge in [0.25, 0.3) is 5.56 Å². The van der Waals surface area contributed by atoms with E-state index < -0.39 is 0 Å². The zero-order valence-electron chi connectivity index (χ0n) is 19.0. The molecule has 0 amide bonds. The molecule has 6 nitrogen and oxygen atoms in total. The monoisotopic (exact) mass is 475 g/mol. The van der Waals surface area contributed by atoms with Crippen molar-refractivity contribution in [1.82, 2.24) is 14.9 Å². The average molecular weight is 476 g/mol. The molecule has 7 heteroatoms. The number of halogens is 1. The predicted octanol–water partition coefficient (Wildman–Crippen LogP) is 5.24. The molecule has 1 saturated heterocycles. The number of rotatable bonds is 7. The number of ether oxygens (including phenoxy) is 2. The molecule has 1 atom stereocenters. The normalized spacial score (nSPS) is 15.5. The summed E-state index contributed by atoms with van der Waals surface area (Å²) in [5.41, 5.74) is 3.07. The molecule has 0 bridgehead atoms. The Bertz CT molecular complexity index is 1360. The van der Waals surface area contributed by atoms with Crippen molar-refractivity contribution in [1.29, 1.82) is 0 Å². The van der Waals surface area contributed by atoms with Crippen LogP contribution in [-0.4, -0.2) is 35.9 Å². The number of nitrogens with one attached hydrogen (secondary N) is 1. The highest BCUT2D eigenvalue weighted by atomic mass is 35.5. The lowest BCUT2D eigenvalue weighted by molar-refractivity contribution is 0.275. The lowest BCUT2D eigenvalue weighted by atomic mass is 10.0. The minimum atomic E-state index is -0.149. The fourth-order valence-corrected chi connectivity index (χ4v) is 4.49. The Hall–Kier alpha value is -3.35. The average Bonchev–Trinajstić information content (AvgIpc) is 3.38. The molecule has 34 heavy (non-hydrogen) atoms. The van der Waals surface area contributed by atoms with Crippen LogP contribution in [0.4, 0.5) is 0 Å². The fourth-order valence-electron chi connectivity index (χ4n) is 4.37. The molecule has 2 heterocycles. The Morgan fingerprint density at radius 2 is 1.88 bits per heavy atom. The van der Waals surface area contributed by atoms with Crippen molar-refractivity contribution >= 4 is 22.5 Å². The van der Waals surface area contributed by atoms with Gasteiger partial charge in [-0.3, -0.25) is 9.36 Å². The number of fused-ring (bicyclic) bond motifs is 1. The maximum absolute atomic E-state index is 13.4. The minimum absolute atomic E-state index is 0.149.